The number of piperazine rings is 1. The molecule has 22 heavy (non-hydrogen) atoms. The standard InChI is InChI=1S/C16H26N4O2/c1-13-5-6-14(11-15(13)22-4)19-7-9-20(10-8-19)16(21)12-18(3)17-2/h5-6,11,17H,7-10,12H2,1-4H3. The first-order valence-electron chi connectivity index (χ1n) is 7.61. The highest BCUT2D eigenvalue weighted by molar-refractivity contribution is 5.78. The molecule has 0 aromatic heterocycles. The number of ether oxygens (including phenoxy) is 1. The van der Waals surface area contributed by atoms with Gasteiger partial charge in [0.2, 0.25) is 5.91 Å². The van der Waals surface area contributed by atoms with Gasteiger partial charge in [-0.2, -0.15) is 0 Å². The van der Waals surface area contributed by atoms with E-state index in [4.69, 9.17) is 4.74 Å². The van der Waals surface area contributed by atoms with E-state index >= 15 is 0 Å². The number of likely N-dealkylation sites (N-methyl/N-ethyl adjacent to an activating group) is 1. The predicted molar refractivity (Wildman–Crippen MR) is 88.2 cm³/mol. The molecule has 0 unspecified atom stereocenters. The molecule has 1 heterocycles. The molecular formula is C16H26N4O2. The second kappa shape index (κ2) is 7.47. The van der Waals surface area contributed by atoms with Crippen LogP contribution in [-0.4, -0.2) is 69.7 Å². The van der Waals surface area contributed by atoms with Crippen molar-refractivity contribution in [3.63, 3.8) is 0 Å². The van der Waals surface area contributed by atoms with E-state index < -0.39 is 0 Å². The van der Waals surface area contributed by atoms with Crippen LogP contribution < -0.4 is 15.1 Å². The zero-order valence-corrected chi connectivity index (χ0v) is 13.9. The number of hydrogen-bond acceptors (Lipinski definition) is 5. The van der Waals surface area contributed by atoms with E-state index in [2.05, 4.69) is 28.5 Å². The van der Waals surface area contributed by atoms with Crippen molar-refractivity contribution in [3.8, 4) is 5.75 Å². The first-order chi connectivity index (χ1) is 10.5. The molecule has 2 rings (SSSR count). The number of anilines is 1. The van der Waals surface area contributed by atoms with E-state index in [0.29, 0.717) is 6.54 Å². The summed E-state index contributed by atoms with van der Waals surface area (Å²) in [4.78, 5) is 16.4. The Kier molecular flexibility index (Phi) is 5.63. The number of nitrogens with zero attached hydrogens (tertiary/aromatic N) is 3. The minimum Gasteiger partial charge on any atom is -0.496 e. The molecule has 0 radical (unpaired) electrons. The number of carbonyl (C=O) groups is 1. The van der Waals surface area contributed by atoms with Crippen molar-refractivity contribution in [3.05, 3.63) is 23.8 Å². The van der Waals surface area contributed by atoms with Crippen LogP contribution in [0.5, 0.6) is 5.75 Å². The molecule has 6 nitrogen and oxygen atoms in total. The summed E-state index contributed by atoms with van der Waals surface area (Å²) in [5.41, 5.74) is 5.24. The lowest BCUT2D eigenvalue weighted by atomic mass is 10.1. The minimum atomic E-state index is 0.165. The highest BCUT2D eigenvalue weighted by Gasteiger charge is 2.22. The molecule has 0 aliphatic carbocycles. The first-order valence-corrected chi connectivity index (χ1v) is 7.61. The van der Waals surface area contributed by atoms with Gasteiger partial charge in [0.15, 0.2) is 0 Å². The molecule has 0 spiro atoms. The van der Waals surface area contributed by atoms with Crippen LogP contribution in [0.3, 0.4) is 0 Å². The first kappa shape index (κ1) is 16.6. The van der Waals surface area contributed by atoms with Crippen LogP contribution in [0.25, 0.3) is 0 Å². The summed E-state index contributed by atoms with van der Waals surface area (Å²) in [7, 11) is 5.38. The normalized spacial score (nSPS) is 15.3. The monoisotopic (exact) mass is 306 g/mol. The number of amides is 1. The van der Waals surface area contributed by atoms with Gasteiger partial charge in [0, 0.05) is 45.0 Å². The van der Waals surface area contributed by atoms with Gasteiger partial charge < -0.3 is 14.5 Å². The van der Waals surface area contributed by atoms with Crippen molar-refractivity contribution in [2.24, 2.45) is 0 Å². The third-order valence-corrected chi connectivity index (χ3v) is 4.14. The maximum absolute atomic E-state index is 12.2. The number of hydrogen-bond donors (Lipinski definition) is 1. The molecule has 1 aliphatic rings. The van der Waals surface area contributed by atoms with Gasteiger partial charge in [-0.15, -0.1) is 0 Å². The topological polar surface area (TPSA) is 48.1 Å². The molecule has 6 heteroatoms. The molecule has 1 aromatic carbocycles. The average Bonchev–Trinajstić information content (AvgIpc) is 2.55. The molecule has 1 fully saturated rings. The Morgan fingerprint density at radius 2 is 2.00 bits per heavy atom. The zero-order valence-electron chi connectivity index (χ0n) is 13.9. The summed E-state index contributed by atoms with van der Waals surface area (Å²) >= 11 is 0. The molecule has 1 saturated heterocycles. The second-order valence-corrected chi connectivity index (χ2v) is 5.60. The SMILES string of the molecule is CNN(C)CC(=O)N1CCN(c2ccc(C)c(OC)c2)CC1. The Balaban J connectivity index is 1.93. The van der Waals surface area contributed by atoms with Crippen LogP contribution in [0.1, 0.15) is 5.56 Å². The zero-order chi connectivity index (χ0) is 16.1. The Hall–Kier alpha value is -1.79. The summed E-state index contributed by atoms with van der Waals surface area (Å²) in [5.74, 6) is 1.07. The van der Waals surface area contributed by atoms with E-state index in [1.165, 1.54) is 0 Å². The molecule has 0 saturated carbocycles. The number of carbonyl (C=O) groups excluding carboxylic acids is 1. The number of rotatable bonds is 5. The summed E-state index contributed by atoms with van der Waals surface area (Å²) in [6.07, 6.45) is 0. The van der Waals surface area contributed by atoms with Crippen molar-refractivity contribution in [2.75, 3.05) is 58.8 Å². The van der Waals surface area contributed by atoms with Gasteiger partial charge in [0.1, 0.15) is 5.75 Å². The summed E-state index contributed by atoms with van der Waals surface area (Å²) < 4.78 is 5.39. The van der Waals surface area contributed by atoms with Crippen molar-refractivity contribution in [1.82, 2.24) is 15.3 Å². The Labute approximate surface area is 132 Å². The molecule has 1 N–H and O–H groups in total. The lowest BCUT2D eigenvalue weighted by Crippen LogP contribution is -2.52. The fourth-order valence-corrected chi connectivity index (χ4v) is 2.60. The van der Waals surface area contributed by atoms with Crippen LogP contribution >= 0.6 is 0 Å². The molecule has 1 aromatic rings. The second-order valence-electron chi connectivity index (χ2n) is 5.60. The maximum atomic E-state index is 12.2. The van der Waals surface area contributed by atoms with Gasteiger partial charge in [0.05, 0.1) is 13.7 Å². The number of aryl methyl sites for hydroxylation is 1. The maximum Gasteiger partial charge on any atom is 0.238 e. The molecule has 122 valence electrons. The van der Waals surface area contributed by atoms with E-state index in [1.807, 2.05) is 25.9 Å². The Morgan fingerprint density at radius 3 is 2.59 bits per heavy atom. The fourth-order valence-electron chi connectivity index (χ4n) is 2.60. The molecule has 1 aliphatic heterocycles. The van der Waals surface area contributed by atoms with E-state index in [0.717, 1.165) is 43.2 Å². The lowest BCUT2D eigenvalue weighted by Gasteiger charge is -2.36. The molecule has 0 bridgehead atoms. The highest BCUT2D eigenvalue weighted by atomic mass is 16.5. The van der Waals surface area contributed by atoms with Crippen molar-refractivity contribution >= 4 is 11.6 Å². The molecule has 0 atom stereocenters. The van der Waals surface area contributed by atoms with Gasteiger partial charge in [0.25, 0.3) is 0 Å². The van der Waals surface area contributed by atoms with Crippen LogP contribution in [0.2, 0.25) is 0 Å². The summed E-state index contributed by atoms with van der Waals surface area (Å²) in [6, 6.07) is 6.26. The highest BCUT2D eigenvalue weighted by Crippen LogP contribution is 2.25. The van der Waals surface area contributed by atoms with E-state index in [1.54, 1.807) is 12.1 Å². The van der Waals surface area contributed by atoms with Crippen LogP contribution in [0.15, 0.2) is 18.2 Å². The molecular weight excluding hydrogens is 280 g/mol. The van der Waals surface area contributed by atoms with Gasteiger partial charge >= 0.3 is 0 Å². The molecule has 1 amide bonds. The van der Waals surface area contributed by atoms with Gasteiger partial charge in [-0.3, -0.25) is 10.2 Å². The summed E-state index contributed by atoms with van der Waals surface area (Å²) in [5, 5.41) is 1.79. The lowest BCUT2D eigenvalue weighted by molar-refractivity contribution is -0.133. The van der Waals surface area contributed by atoms with Crippen molar-refractivity contribution in [2.45, 2.75) is 6.92 Å². The number of methoxy groups -OCH3 is 1. The van der Waals surface area contributed by atoms with Crippen molar-refractivity contribution in [1.29, 1.82) is 0 Å². The fraction of sp³-hybridized carbons (Fsp3) is 0.562. The predicted octanol–water partition coefficient (Wildman–Crippen LogP) is 0.718. The van der Waals surface area contributed by atoms with E-state index in [-0.39, 0.29) is 5.91 Å². The van der Waals surface area contributed by atoms with Gasteiger partial charge in [-0.25, -0.2) is 5.01 Å². The Morgan fingerprint density at radius 1 is 1.32 bits per heavy atom. The van der Waals surface area contributed by atoms with Crippen LogP contribution in [0, 0.1) is 6.92 Å². The largest absolute Gasteiger partial charge is 0.496 e. The minimum absolute atomic E-state index is 0.165. The number of nitrogens with one attached hydrogen (secondary N) is 1. The van der Waals surface area contributed by atoms with Crippen LogP contribution in [-0.2, 0) is 4.79 Å². The average molecular weight is 306 g/mol. The van der Waals surface area contributed by atoms with Gasteiger partial charge in [-0.1, -0.05) is 6.07 Å². The number of hydrazine groups is 1. The Bertz CT molecular complexity index is 513. The van der Waals surface area contributed by atoms with Gasteiger partial charge in [-0.05, 0) is 25.6 Å². The van der Waals surface area contributed by atoms with E-state index in [9.17, 15) is 4.79 Å². The third kappa shape index (κ3) is 3.90. The quantitative estimate of drug-likeness (QED) is 0.812. The third-order valence-electron chi connectivity index (χ3n) is 4.14. The number of benzene rings is 1. The smallest absolute Gasteiger partial charge is 0.238 e. The van der Waals surface area contributed by atoms with Crippen molar-refractivity contribution < 1.29 is 9.53 Å². The summed E-state index contributed by atoms with van der Waals surface area (Å²) in [6.45, 7) is 5.65. The van der Waals surface area contributed by atoms with Crippen LogP contribution in [0.4, 0.5) is 5.69 Å².